The number of anilines is 1. The van der Waals surface area contributed by atoms with E-state index in [0.29, 0.717) is 39.5 Å². The van der Waals surface area contributed by atoms with E-state index in [1.807, 2.05) is 80.6 Å². The van der Waals surface area contributed by atoms with Gasteiger partial charge in [0.25, 0.3) is 0 Å². The Kier molecular flexibility index (Phi) is 9.17. The maximum Gasteiger partial charge on any atom is 0.240 e. The van der Waals surface area contributed by atoms with Crippen molar-refractivity contribution >= 4 is 41.0 Å². The molecule has 0 unspecified atom stereocenters. The van der Waals surface area contributed by atoms with Crippen molar-refractivity contribution in [2.45, 2.75) is 25.1 Å². The summed E-state index contributed by atoms with van der Waals surface area (Å²) in [5, 5.41) is 8.28. The minimum atomic E-state index is -0.338. The Morgan fingerprint density at radius 1 is 1.00 bits per heavy atom. The molecule has 1 N–H and O–H groups in total. The fourth-order valence-corrected chi connectivity index (χ4v) is 6.35. The van der Waals surface area contributed by atoms with Crippen LogP contribution in [-0.4, -0.2) is 61.3 Å². The van der Waals surface area contributed by atoms with Gasteiger partial charge in [-0.25, -0.2) is 4.68 Å². The summed E-state index contributed by atoms with van der Waals surface area (Å²) in [5.41, 5.74) is 3.88. The molecule has 1 atom stereocenters. The number of aromatic nitrogens is 2. The molecule has 11 heteroatoms. The first-order valence-electron chi connectivity index (χ1n) is 13.7. The highest BCUT2D eigenvalue weighted by atomic mass is 35.5. The number of nitrogens with zero attached hydrogens (tertiary/aromatic N) is 3. The molecule has 2 heterocycles. The lowest BCUT2D eigenvalue weighted by Gasteiger charge is -2.24. The van der Waals surface area contributed by atoms with Crippen molar-refractivity contribution in [1.29, 1.82) is 0 Å². The number of carbonyl (C=O) groups excluding carboxylic acids is 2. The highest BCUT2D eigenvalue weighted by Crippen LogP contribution is 2.49. The number of halogens is 1. The second kappa shape index (κ2) is 13.0. The van der Waals surface area contributed by atoms with Gasteiger partial charge in [0.15, 0.2) is 11.5 Å². The largest absolute Gasteiger partial charge is 0.497 e. The molecule has 0 fully saturated rings. The van der Waals surface area contributed by atoms with E-state index < -0.39 is 0 Å². The third kappa shape index (κ3) is 6.30. The van der Waals surface area contributed by atoms with Crippen LogP contribution in [0.15, 0.2) is 66.7 Å². The zero-order valence-electron chi connectivity index (χ0n) is 24.6. The number of benzene rings is 3. The van der Waals surface area contributed by atoms with Gasteiger partial charge in [0, 0.05) is 22.2 Å². The molecule has 0 spiro atoms. The summed E-state index contributed by atoms with van der Waals surface area (Å²) in [4.78, 5) is 28.6. The third-order valence-corrected chi connectivity index (χ3v) is 8.49. The lowest BCUT2D eigenvalue weighted by molar-refractivity contribution is -0.123. The predicted octanol–water partition coefficient (Wildman–Crippen LogP) is 5.91. The van der Waals surface area contributed by atoms with Crippen LogP contribution in [0.3, 0.4) is 0 Å². The van der Waals surface area contributed by atoms with Crippen LogP contribution >= 0.6 is 23.4 Å². The second-order valence-corrected chi connectivity index (χ2v) is 11.7. The third-order valence-electron chi connectivity index (χ3n) is 6.99. The van der Waals surface area contributed by atoms with Gasteiger partial charge in [-0.15, -0.1) is 11.8 Å². The number of ether oxygens (including phenoxy) is 3. The van der Waals surface area contributed by atoms with Crippen molar-refractivity contribution in [3.63, 3.8) is 0 Å². The highest BCUT2D eigenvalue weighted by Gasteiger charge is 2.38. The molecule has 0 radical (unpaired) electrons. The number of methoxy groups -OCH3 is 3. The smallest absolute Gasteiger partial charge is 0.240 e. The maximum atomic E-state index is 13.9. The number of hydrogen-bond donors (Lipinski definition) is 1. The molecular weight excluding hydrogens is 588 g/mol. The fraction of sp³-hybridized carbons (Fsp3) is 0.281. The molecule has 0 saturated heterocycles. The molecule has 9 nitrogen and oxygen atoms in total. The Bertz CT molecular complexity index is 1620. The molecule has 4 aromatic rings. The summed E-state index contributed by atoms with van der Waals surface area (Å²) in [7, 11) is 4.78. The lowest BCUT2D eigenvalue weighted by atomic mass is 9.99. The van der Waals surface area contributed by atoms with E-state index in [-0.39, 0.29) is 35.4 Å². The zero-order valence-corrected chi connectivity index (χ0v) is 26.2. The Morgan fingerprint density at radius 2 is 1.70 bits per heavy atom. The van der Waals surface area contributed by atoms with Gasteiger partial charge in [0.2, 0.25) is 11.8 Å². The van der Waals surface area contributed by atoms with Crippen molar-refractivity contribution in [3.8, 4) is 34.2 Å². The Balaban J connectivity index is 1.80. The van der Waals surface area contributed by atoms with Gasteiger partial charge in [-0.2, -0.15) is 5.10 Å². The minimum Gasteiger partial charge on any atom is -0.497 e. The quantitative estimate of drug-likeness (QED) is 0.248. The van der Waals surface area contributed by atoms with Gasteiger partial charge in [-0.1, -0.05) is 29.8 Å². The zero-order chi connectivity index (χ0) is 30.7. The van der Waals surface area contributed by atoms with E-state index in [2.05, 4.69) is 5.32 Å². The molecule has 0 aliphatic carbocycles. The number of carbonyl (C=O) groups is 2. The first kappa shape index (κ1) is 30.3. The standard InChI is InChI=1S/C32H33ClN4O5S/c1-19(2)34-27(38)17-36-28(39)18-43-31(21-8-15-25(41-4)26(16-21)42-5)29-30(20-6-9-22(33)10-7-20)35-37(32(29)36)23-11-13-24(40-3)14-12-23/h6-16,19,31H,17-18H2,1-5H3,(H,34,38)/t31-/m0/s1. The Hall–Kier alpha value is -4.15. The first-order valence-corrected chi connectivity index (χ1v) is 15.1. The summed E-state index contributed by atoms with van der Waals surface area (Å²) >= 11 is 7.73. The normalized spacial score (nSPS) is 14.7. The molecule has 0 saturated carbocycles. The van der Waals surface area contributed by atoms with E-state index in [9.17, 15) is 9.59 Å². The van der Waals surface area contributed by atoms with Crippen molar-refractivity contribution in [1.82, 2.24) is 15.1 Å². The van der Waals surface area contributed by atoms with Gasteiger partial charge in [0.1, 0.15) is 18.1 Å². The van der Waals surface area contributed by atoms with Crippen LogP contribution in [0.4, 0.5) is 5.82 Å². The molecular formula is C32H33ClN4O5S. The van der Waals surface area contributed by atoms with Gasteiger partial charge in [0.05, 0.1) is 43.7 Å². The number of amides is 2. The van der Waals surface area contributed by atoms with Crippen LogP contribution in [0.1, 0.15) is 30.2 Å². The van der Waals surface area contributed by atoms with Crippen LogP contribution in [0, 0.1) is 0 Å². The number of thioether (sulfide) groups is 1. The highest BCUT2D eigenvalue weighted by molar-refractivity contribution is 8.00. The van der Waals surface area contributed by atoms with Crippen LogP contribution in [-0.2, 0) is 9.59 Å². The van der Waals surface area contributed by atoms with E-state index in [0.717, 1.165) is 16.7 Å². The average molecular weight is 621 g/mol. The van der Waals surface area contributed by atoms with Gasteiger partial charge < -0.3 is 19.5 Å². The van der Waals surface area contributed by atoms with E-state index in [1.54, 1.807) is 26.0 Å². The maximum absolute atomic E-state index is 13.9. The van der Waals surface area contributed by atoms with Crippen molar-refractivity contribution in [2.24, 2.45) is 0 Å². The molecule has 224 valence electrons. The van der Waals surface area contributed by atoms with Crippen molar-refractivity contribution in [3.05, 3.63) is 82.9 Å². The van der Waals surface area contributed by atoms with E-state index in [1.165, 1.54) is 16.7 Å². The molecule has 1 aliphatic heterocycles. The van der Waals surface area contributed by atoms with Crippen LogP contribution in [0.2, 0.25) is 5.02 Å². The average Bonchev–Trinajstić information content (AvgIpc) is 3.33. The molecule has 0 bridgehead atoms. The molecule has 3 aromatic carbocycles. The summed E-state index contributed by atoms with van der Waals surface area (Å²) in [5.74, 6) is 2.05. The predicted molar refractivity (Wildman–Crippen MR) is 170 cm³/mol. The van der Waals surface area contributed by atoms with Gasteiger partial charge in [-0.3, -0.25) is 14.5 Å². The van der Waals surface area contributed by atoms with Crippen molar-refractivity contribution < 1.29 is 23.8 Å². The fourth-order valence-electron chi connectivity index (χ4n) is 5.03. The molecule has 5 rings (SSSR count). The molecule has 43 heavy (non-hydrogen) atoms. The van der Waals surface area contributed by atoms with E-state index in [4.69, 9.17) is 30.9 Å². The van der Waals surface area contributed by atoms with E-state index >= 15 is 0 Å². The molecule has 1 aliphatic rings. The van der Waals surface area contributed by atoms with Gasteiger partial charge in [-0.05, 0) is 67.9 Å². The summed E-state index contributed by atoms with van der Waals surface area (Å²) < 4.78 is 18.2. The SMILES string of the molecule is COc1ccc(-n2nc(-c3ccc(Cl)cc3)c3c2N(CC(=O)NC(C)C)C(=O)CS[C@H]3c2ccc(OC)c(OC)c2)cc1. The van der Waals surface area contributed by atoms with Gasteiger partial charge >= 0.3 is 0 Å². The minimum absolute atomic E-state index is 0.0842. The summed E-state index contributed by atoms with van der Waals surface area (Å²) in [6.45, 7) is 3.61. The molecule has 2 amide bonds. The summed E-state index contributed by atoms with van der Waals surface area (Å²) in [6, 6.07) is 20.5. The van der Waals surface area contributed by atoms with Crippen LogP contribution < -0.4 is 24.4 Å². The number of hydrogen-bond acceptors (Lipinski definition) is 7. The number of fused-ring (bicyclic) bond motifs is 1. The molecule has 1 aromatic heterocycles. The van der Waals surface area contributed by atoms with Crippen molar-refractivity contribution in [2.75, 3.05) is 38.5 Å². The lowest BCUT2D eigenvalue weighted by Crippen LogP contribution is -2.44. The summed E-state index contributed by atoms with van der Waals surface area (Å²) in [6.07, 6.45) is 0. The van der Waals surface area contributed by atoms with Crippen LogP contribution in [0.25, 0.3) is 16.9 Å². The first-order chi connectivity index (χ1) is 20.7. The Morgan fingerprint density at radius 3 is 2.33 bits per heavy atom. The van der Waals surface area contributed by atoms with Crippen LogP contribution in [0.5, 0.6) is 17.2 Å². The monoisotopic (exact) mass is 620 g/mol. The number of rotatable bonds is 9. The topological polar surface area (TPSA) is 94.9 Å². The number of nitrogens with one attached hydrogen (secondary N) is 1. The Labute approximate surface area is 260 Å². The second-order valence-electron chi connectivity index (χ2n) is 10.2.